The largest absolute Gasteiger partial charge is 0.756 e. The summed E-state index contributed by atoms with van der Waals surface area (Å²) >= 11 is 0. The van der Waals surface area contributed by atoms with Crippen molar-refractivity contribution < 1.29 is 32.9 Å². The Labute approximate surface area is 434 Å². The van der Waals surface area contributed by atoms with Crippen molar-refractivity contribution in [1.29, 1.82) is 0 Å². The number of hydrogen-bond donors (Lipinski definition) is 2. The number of amides is 1. The SMILES string of the molecule is CCCCCCC/C=C\C/C=C\C/C=C\CCCCCCCCCCCCCCCCCCC(=O)NC(COP(=O)([O-])OCC[N+](C)(C)C)C(O)/C=C/CC/C=C/CC/C=C/CCCCCCCCC. The van der Waals surface area contributed by atoms with Crippen LogP contribution in [-0.4, -0.2) is 68.5 Å². The minimum atomic E-state index is -4.61. The van der Waals surface area contributed by atoms with Crippen LogP contribution in [0.1, 0.15) is 258 Å². The molecule has 70 heavy (non-hydrogen) atoms. The Morgan fingerprint density at radius 1 is 0.500 bits per heavy atom. The number of aliphatic hydroxyl groups is 1. The Kier molecular flexibility index (Phi) is 50.3. The molecule has 0 aliphatic carbocycles. The summed E-state index contributed by atoms with van der Waals surface area (Å²) in [5.74, 6) is -0.212. The van der Waals surface area contributed by atoms with Crippen molar-refractivity contribution in [2.75, 3.05) is 40.9 Å². The number of allylic oxidation sites excluding steroid dienone is 11. The monoisotopic (exact) mass is 1000 g/mol. The number of aliphatic hydroxyl groups excluding tert-OH is 1. The molecule has 0 saturated heterocycles. The molecule has 0 aromatic heterocycles. The summed E-state index contributed by atoms with van der Waals surface area (Å²) in [4.78, 5) is 25.5. The van der Waals surface area contributed by atoms with Crippen molar-refractivity contribution in [3.05, 3.63) is 72.9 Å². The van der Waals surface area contributed by atoms with Gasteiger partial charge in [0.05, 0.1) is 39.9 Å². The number of nitrogens with zero attached hydrogens (tertiary/aromatic N) is 1. The maximum atomic E-state index is 13.0. The number of likely N-dealkylation sites (N-methyl/N-ethyl adjacent to an activating group) is 1. The second-order valence-corrected chi connectivity index (χ2v) is 22.4. The average Bonchev–Trinajstić information content (AvgIpc) is 3.32. The van der Waals surface area contributed by atoms with Gasteiger partial charge < -0.3 is 28.8 Å². The molecule has 0 aromatic rings. The van der Waals surface area contributed by atoms with Crippen LogP contribution in [0.2, 0.25) is 0 Å². The van der Waals surface area contributed by atoms with Gasteiger partial charge in [0.2, 0.25) is 5.91 Å². The van der Waals surface area contributed by atoms with E-state index in [1.165, 1.54) is 180 Å². The zero-order valence-corrected chi connectivity index (χ0v) is 47.4. The second-order valence-electron chi connectivity index (χ2n) is 21.0. The molecule has 0 saturated carbocycles. The first-order valence-electron chi connectivity index (χ1n) is 29.3. The molecule has 3 unspecified atom stereocenters. The number of nitrogens with one attached hydrogen (secondary N) is 1. The quantitative estimate of drug-likeness (QED) is 0.0272. The first-order valence-corrected chi connectivity index (χ1v) is 30.8. The normalized spacial score (nSPS) is 14.4. The third-order valence-electron chi connectivity index (χ3n) is 12.9. The van der Waals surface area contributed by atoms with Gasteiger partial charge in [-0.1, -0.05) is 241 Å². The number of phosphoric ester groups is 1. The molecule has 9 heteroatoms. The maximum absolute atomic E-state index is 13.0. The molecule has 2 N–H and O–H groups in total. The molecule has 0 aromatic carbocycles. The Morgan fingerprint density at radius 3 is 1.26 bits per heavy atom. The van der Waals surface area contributed by atoms with Crippen LogP contribution >= 0.6 is 7.82 Å². The Morgan fingerprint density at radius 2 is 0.843 bits per heavy atom. The fraction of sp³-hybridized carbons (Fsp3) is 0.787. The van der Waals surface area contributed by atoms with E-state index in [1.54, 1.807) is 6.08 Å². The summed E-state index contributed by atoms with van der Waals surface area (Å²) in [5.41, 5.74) is 0. The second kappa shape index (κ2) is 51.8. The van der Waals surface area contributed by atoms with Crippen molar-refractivity contribution in [1.82, 2.24) is 5.32 Å². The molecule has 408 valence electrons. The lowest BCUT2D eigenvalue weighted by Crippen LogP contribution is -2.45. The number of phosphoric acid groups is 1. The number of rotatable bonds is 53. The highest BCUT2D eigenvalue weighted by molar-refractivity contribution is 7.45. The molecule has 0 aliphatic heterocycles. The minimum Gasteiger partial charge on any atom is -0.756 e. The van der Waals surface area contributed by atoms with Gasteiger partial charge in [-0.25, -0.2) is 0 Å². The highest BCUT2D eigenvalue weighted by Gasteiger charge is 2.23. The Balaban J connectivity index is 4.16. The molecular weight excluding hydrogens is 888 g/mol. The number of hydrogen-bond acceptors (Lipinski definition) is 6. The van der Waals surface area contributed by atoms with E-state index in [0.717, 1.165) is 57.8 Å². The molecule has 0 fully saturated rings. The lowest BCUT2D eigenvalue weighted by Gasteiger charge is -2.29. The number of unbranched alkanes of at least 4 members (excludes halogenated alkanes) is 30. The van der Waals surface area contributed by atoms with Crippen LogP contribution in [0.15, 0.2) is 72.9 Å². The standard InChI is InChI=1S/C61H113N2O6P/c1-6-8-10-12-14-16-18-20-22-24-25-26-27-28-29-30-31-32-33-34-35-36-37-39-41-43-45-47-49-51-53-55-61(65)62-59(58-69-70(66,67)68-57-56-63(3,4)5)60(64)54-52-50-48-46-44-42-40-38-23-21-19-17-15-13-11-9-7-2/h18,20,23-25,27-28,38,44,46,52,54,59-60,64H,6-17,19,21-22,26,29-37,39-43,45,47-51,53,55-58H2,1-5H3,(H-,62,65,66,67)/b20-18-,25-24-,28-27-,38-23+,46-44+,54-52+. The van der Waals surface area contributed by atoms with E-state index in [0.29, 0.717) is 17.4 Å². The van der Waals surface area contributed by atoms with Crippen molar-refractivity contribution in [2.24, 2.45) is 0 Å². The summed E-state index contributed by atoms with van der Waals surface area (Å²) < 4.78 is 23.3. The molecule has 0 radical (unpaired) electrons. The molecular formula is C61H113N2O6P. The van der Waals surface area contributed by atoms with Crippen LogP contribution in [-0.2, 0) is 18.4 Å². The number of carbonyl (C=O) groups is 1. The summed E-state index contributed by atoms with van der Waals surface area (Å²) in [7, 11) is 1.23. The van der Waals surface area contributed by atoms with Crippen LogP contribution in [0.4, 0.5) is 0 Å². The summed E-state index contributed by atoms with van der Waals surface area (Å²) in [5, 5.41) is 13.8. The zero-order chi connectivity index (χ0) is 51.3. The van der Waals surface area contributed by atoms with E-state index in [-0.39, 0.29) is 12.5 Å². The van der Waals surface area contributed by atoms with Gasteiger partial charge in [-0.3, -0.25) is 9.36 Å². The van der Waals surface area contributed by atoms with E-state index in [4.69, 9.17) is 9.05 Å². The van der Waals surface area contributed by atoms with Gasteiger partial charge in [0.25, 0.3) is 7.82 Å². The van der Waals surface area contributed by atoms with Crippen molar-refractivity contribution in [2.45, 2.75) is 270 Å². The van der Waals surface area contributed by atoms with E-state index in [2.05, 4.69) is 79.9 Å². The highest BCUT2D eigenvalue weighted by atomic mass is 31.2. The highest BCUT2D eigenvalue weighted by Crippen LogP contribution is 2.38. The fourth-order valence-electron chi connectivity index (χ4n) is 8.25. The van der Waals surface area contributed by atoms with Crippen molar-refractivity contribution >= 4 is 13.7 Å². The predicted octanol–water partition coefficient (Wildman–Crippen LogP) is 17.2. The van der Waals surface area contributed by atoms with Crippen molar-refractivity contribution in [3.8, 4) is 0 Å². The summed E-state index contributed by atoms with van der Waals surface area (Å²) in [6.45, 7) is 4.61. The third-order valence-corrected chi connectivity index (χ3v) is 13.8. The molecule has 3 atom stereocenters. The van der Waals surface area contributed by atoms with E-state index >= 15 is 0 Å². The van der Waals surface area contributed by atoms with Crippen LogP contribution < -0.4 is 10.2 Å². The molecule has 0 bridgehead atoms. The lowest BCUT2D eigenvalue weighted by molar-refractivity contribution is -0.870. The first-order chi connectivity index (χ1) is 34.0. The molecule has 0 aliphatic rings. The van der Waals surface area contributed by atoms with E-state index < -0.39 is 26.6 Å². The smallest absolute Gasteiger partial charge is 0.268 e. The molecule has 0 spiro atoms. The van der Waals surface area contributed by atoms with Crippen LogP contribution in [0.5, 0.6) is 0 Å². The van der Waals surface area contributed by atoms with Gasteiger partial charge in [0, 0.05) is 6.42 Å². The Hall–Kier alpha value is -2.06. The minimum absolute atomic E-state index is 0.0107. The van der Waals surface area contributed by atoms with Crippen LogP contribution in [0, 0.1) is 0 Å². The van der Waals surface area contributed by atoms with Crippen LogP contribution in [0.3, 0.4) is 0 Å². The molecule has 8 nitrogen and oxygen atoms in total. The van der Waals surface area contributed by atoms with Crippen LogP contribution in [0.25, 0.3) is 0 Å². The van der Waals surface area contributed by atoms with E-state index in [1.807, 2.05) is 27.2 Å². The van der Waals surface area contributed by atoms with Gasteiger partial charge in [0.1, 0.15) is 13.2 Å². The third kappa shape index (κ3) is 53.7. The average molecular weight is 1000 g/mol. The zero-order valence-electron chi connectivity index (χ0n) is 46.5. The number of quaternary nitrogens is 1. The van der Waals surface area contributed by atoms with Gasteiger partial charge in [0.15, 0.2) is 0 Å². The van der Waals surface area contributed by atoms with E-state index in [9.17, 15) is 19.4 Å². The first kappa shape index (κ1) is 67.9. The summed E-state index contributed by atoms with van der Waals surface area (Å²) in [6.07, 6.45) is 71.3. The topological polar surface area (TPSA) is 108 Å². The summed E-state index contributed by atoms with van der Waals surface area (Å²) in [6, 6.07) is -0.912. The van der Waals surface area contributed by atoms with Crippen molar-refractivity contribution in [3.63, 3.8) is 0 Å². The molecule has 1 amide bonds. The lowest BCUT2D eigenvalue weighted by atomic mass is 10.0. The van der Waals surface area contributed by atoms with Gasteiger partial charge >= 0.3 is 0 Å². The van der Waals surface area contributed by atoms with Gasteiger partial charge in [-0.2, -0.15) is 0 Å². The number of carbonyl (C=O) groups excluding carboxylic acids is 1. The van der Waals surface area contributed by atoms with Gasteiger partial charge in [-0.05, 0) is 83.5 Å². The van der Waals surface area contributed by atoms with Gasteiger partial charge in [-0.15, -0.1) is 0 Å². The molecule has 0 rings (SSSR count). The maximum Gasteiger partial charge on any atom is 0.268 e. The predicted molar refractivity (Wildman–Crippen MR) is 302 cm³/mol. The fourth-order valence-corrected chi connectivity index (χ4v) is 8.97. The molecule has 0 heterocycles. The Bertz CT molecular complexity index is 1370.